The Morgan fingerprint density at radius 2 is 0.375 bits per heavy atom. The van der Waals surface area contributed by atoms with Crippen LogP contribution in [0.25, 0.3) is 260 Å². The molecule has 25 aromatic rings. The van der Waals surface area contributed by atoms with Crippen LogP contribution in [-0.2, 0) is 0 Å². The van der Waals surface area contributed by atoms with Crippen molar-refractivity contribution in [1.82, 2.24) is 19.9 Å². The van der Waals surface area contributed by atoms with E-state index in [9.17, 15) is 0 Å². The van der Waals surface area contributed by atoms with E-state index < -0.39 is 0 Å². The fraction of sp³-hybridized carbons (Fsp3) is 0. The monoisotopic (exact) mass is 1100 g/mol. The van der Waals surface area contributed by atoms with Gasteiger partial charge < -0.3 is 9.97 Å². The number of aromatic amines is 2. The van der Waals surface area contributed by atoms with Crippen LogP contribution in [0, 0.1) is 0 Å². The van der Waals surface area contributed by atoms with Crippen LogP contribution >= 0.6 is 0 Å². The van der Waals surface area contributed by atoms with Gasteiger partial charge in [0.25, 0.3) is 0 Å². The molecule has 25 rings (SSSR count). The van der Waals surface area contributed by atoms with Crippen LogP contribution in [0.4, 0.5) is 0 Å². The quantitative estimate of drug-likeness (QED) is 0.117. The van der Waals surface area contributed by atoms with E-state index in [1.165, 1.54) is 194 Å². The Balaban J connectivity index is 1.03. The summed E-state index contributed by atoms with van der Waals surface area (Å²) in [6.07, 6.45) is 0. The molecule has 0 aliphatic heterocycles. The first-order valence-corrected chi connectivity index (χ1v) is 30.8. The molecule has 0 amide bonds. The summed E-state index contributed by atoms with van der Waals surface area (Å²) in [5.74, 6) is 0. The SMILES string of the molecule is c1cc2ccc3ccc4c5c6ccc([nH]6)c6c7ccc8ccc9cccc%10cc(c7c8c9%10)c7c6nc6c(c8ccc([nH]8)c8c9ccc%10ccc%11cccc%12cc(c9c%10c%11%12)c9c8nc5c9c5cc(c1)c2c3c45)c1ccc2ccc3cccc4cc(c1c2c34)c67. The lowest BCUT2D eigenvalue weighted by Crippen LogP contribution is -1.91. The Morgan fingerprint density at radius 3 is 0.625 bits per heavy atom. The van der Waals surface area contributed by atoms with Gasteiger partial charge >= 0.3 is 0 Å². The van der Waals surface area contributed by atoms with E-state index in [2.05, 4.69) is 228 Å². The van der Waals surface area contributed by atoms with Gasteiger partial charge in [-0.05, 0) is 221 Å². The highest BCUT2D eigenvalue weighted by atomic mass is 14.8. The smallest absolute Gasteiger partial charge is 0.0822 e. The molecule has 0 saturated heterocycles. The number of nitrogens with zero attached hydrogens (tertiary/aromatic N) is 2. The van der Waals surface area contributed by atoms with Gasteiger partial charge in [-0.25, -0.2) is 9.97 Å². The first-order chi connectivity index (χ1) is 43.6. The van der Waals surface area contributed by atoms with Crippen molar-refractivity contribution in [3.63, 3.8) is 0 Å². The number of H-pyrrole nitrogens is 2. The Kier molecular flexibility index (Phi) is 6.84. The molecule has 0 saturated carbocycles. The van der Waals surface area contributed by atoms with Crippen molar-refractivity contribution in [2.24, 2.45) is 0 Å². The summed E-state index contributed by atoms with van der Waals surface area (Å²) in [4.78, 5) is 21.1. The number of nitrogens with one attached hydrogen (secondary N) is 2. The number of fused-ring (bicyclic) bond motifs is 18. The van der Waals surface area contributed by atoms with Crippen molar-refractivity contribution < 1.29 is 0 Å². The van der Waals surface area contributed by atoms with Gasteiger partial charge in [-0.1, -0.05) is 170 Å². The van der Waals surface area contributed by atoms with Crippen molar-refractivity contribution in [3.05, 3.63) is 218 Å². The van der Waals surface area contributed by atoms with Crippen molar-refractivity contribution in [3.8, 4) is 0 Å². The van der Waals surface area contributed by atoms with Crippen LogP contribution in [0.5, 0.6) is 0 Å². The Bertz CT molecular complexity index is 6750. The van der Waals surface area contributed by atoms with E-state index in [1.807, 2.05) is 0 Å². The minimum atomic E-state index is 1.00. The minimum absolute atomic E-state index is 1.00. The summed E-state index contributed by atoms with van der Waals surface area (Å²) < 4.78 is 0. The summed E-state index contributed by atoms with van der Waals surface area (Å²) >= 11 is 0. The maximum Gasteiger partial charge on any atom is 0.0822 e. The highest BCUT2D eigenvalue weighted by Gasteiger charge is 2.30. The average molecular weight is 1100 g/mol. The summed E-state index contributed by atoms with van der Waals surface area (Å²) in [7, 11) is 0. The van der Waals surface area contributed by atoms with Crippen molar-refractivity contribution in [2.75, 3.05) is 0 Å². The molecule has 0 radical (unpaired) electrons. The molecule has 5 aromatic heterocycles. The molecule has 4 nitrogen and oxygen atoms in total. The normalized spacial score (nSPS) is 13.5. The van der Waals surface area contributed by atoms with Crippen molar-refractivity contribution in [1.29, 1.82) is 0 Å². The first kappa shape index (κ1) is 43.0. The zero-order chi connectivity index (χ0) is 56.0. The van der Waals surface area contributed by atoms with Crippen LogP contribution in [0.2, 0.25) is 0 Å². The van der Waals surface area contributed by atoms with Crippen molar-refractivity contribution in [2.45, 2.75) is 0 Å². The van der Waals surface area contributed by atoms with Gasteiger partial charge in [-0.15, -0.1) is 0 Å². The van der Waals surface area contributed by atoms with Gasteiger partial charge in [-0.2, -0.15) is 0 Å². The highest BCUT2D eigenvalue weighted by Crippen LogP contribution is 2.56. The Morgan fingerprint density at radius 1 is 0.159 bits per heavy atom. The number of aromatic nitrogens is 4. The largest absolute Gasteiger partial charge is 0.354 e. The van der Waals surface area contributed by atoms with E-state index >= 15 is 0 Å². The van der Waals surface area contributed by atoms with E-state index in [0.29, 0.717) is 0 Å². The first-order valence-electron chi connectivity index (χ1n) is 30.8. The van der Waals surface area contributed by atoms with Crippen molar-refractivity contribution >= 4 is 260 Å². The fourth-order valence-electron chi connectivity index (χ4n) is 18.7. The molecular weight excluding hydrogens is 1060 g/mol. The number of hydrogen-bond acceptors (Lipinski definition) is 2. The Hall–Kier alpha value is -11.7. The van der Waals surface area contributed by atoms with Gasteiger partial charge in [0.15, 0.2) is 0 Å². The minimum Gasteiger partial charge on any atom is -0.354 e. The maximum absolute atomic E-state index is 6.24. The summed E-state index contributed by atoms with van der Waals surface area (Å²) in [6, 6.07) is 84.2. The number of hydrogen-bond donors (Lipinski definition) is 2. The molecule has 2 N–H and O–H groups in total. The molecule has 4 heteroatoms. The molecule has 0 aliphatic carbocycles. The standard InChI is InChI=1S/C84H38N4/c1-5-37-13-17-41-21-25-49-69-53(33-45(9-1)61(37)65(41)69)77-78-54-34-46-10-2-6-38-14-18-42-22-26-50(70(54)66(42)62(38)46)74-58-31-32-60(86-58)76-52-28-24-44-20-16-40-8-4-12-48-36-56(72(52)68(44)64(40)48)80-79-55-35-47-11-3-7-39-15-19-43-23-27-51(71(55)67(43)63(39)47)75(83(79)88-84(76)80)59-30-29-57(85-59)73(49)81(77)87-82(74)78/h1-36,85-86H. The number of benzene rings is 20. The molecule has 0 aliphatic rings. The molecule has 0 atom stereocenters. The van der Waals surface area contributed by atoms with Crippen LogP contribution in [0.3, 0.4) is 0 Å². The molecule has 0 spiro atoms. The molecule has 0 fully saturated rings. The topological polar surface area (TPSA) is 57.4 Å². The second kappa shape index (κ2) is 14.0. The zero-order valence-electron chi connectivity index (χ0n) is 46.7. The van der Waals surface area contributed by atoms with E-state index in [-0.39, 0.29) is 0 Å². The van der Waals surface area contributed by atoms with Gasteiger partial charge in [-0.3, -0.25) is 0 Å². The van der Waals surface area contributed by atoms with Gasteiger partial charge in [0.05, 0.1) is 22.1 Å². The molecule has 0 unspecified atom stereocenters. The highest BCUT2D eigenvalue weighted by molar-refractivity contribution is 6.52. The van der Waals surface area contributed by atoms with Gasteiger partial charge in [0.2, 0.25) is 0 Å². The lowest BCUT2D eigenvalue weighted by Gasteiger charge is -2.18. The summed E-state index contributed by atoms with van der Waals surface area (Å²) in [5, 5.41) is 49.5. The van der Waals surface area contributed by atoms with E-state index in [4.69, 9.17) is 9.97 Å². The predicted molar refractivity (Wildman–Crippen MR) is 378 cm³/mol. The second-order valence-corrected chi connectivity index (χ2v) is 25.8. The predicted octanol–water partition coefficient (Wildman–Crippen LogP) is 23.4. The van der Waals surface area contributed by atoms with Crippen LogP contribution in [0.15, 0.2) is 218 Å². The zero-order valence-corrected chi connectivity index (χ0v) is 46.7. The third-order valence-electron chi connectivity index (χ3n) is 22.0. The molecule has 8 bridgehead atoms. The molecular formula is C84H38N4. The van der Waals surface area contributed by atoms with Crippen LogP contribution < -0.4 is 0 Å². The number of rotatable bonds is 0. The maximum atomic E-state index is 6.24. The van der Waals surface area contributed by atoms with Crippen LogP contribution in [-0.4, -0.2) is 19.9 Å². The average Bonchev–Trinajstić information content (AvgIpc) is 1.64. The molecule has 394 valence electrons. The third kappa shape index (κ3) is 4.61. The van der Waals surface area contributed by atoms with Gasteiger partial charge in [0.1, 0.15) is 0 Å². The second-order valence-electron chi connectivity index (χ2n) is 25.8. The molecule has 20 aromatic carbocycles. The summed E-state index contributed by atoms with van der Waals surface area (Å²) in [5.41, 5.74) is 8.14. The molecule has 88 heavy (non-hydrogen) atoms. The Labute approximate surface area is 495 Å². The van der Waals surface area contributed by atoms with E-state index in [0.717, 1.165) is 65.7 Å². The molecule has 5 heterocycles. The fourth-order valence-corrected chi connectivity index (χ4v) is 18.7. The lowest BCUT2D eigenvalue weighted by atomic mass is 9.84. The summed E-state index contributed by atoms with van der Waals surface area (Å²) in [6.45, 7) is 0. The van der Waals surface area contributed by atoms with E-state index in [1.54, 1.807) is 0 Å². The van der Waals surface area contributed by atoms with Crippen LogP contribution in [0.1, 0.15) is 0 Å². The lowest BCUT2D eigenvalue weighted by molar-refractivity contribution is 1.55. The van der Waals surface area contributed by atoms with Gasteiger partial charge in [0, 0.05) is 65.2 Å². The third-order valence-corrected chi connectivity index (χ3v) is 22.0.